The molecule has 0 bridgehead atoms. The molecule has 2 heterocycles. The van der Waals surface area contributed by atoms with Gasteiger partial charge in [-0.1, -0.05) is 36.4 Å². The highest BCUT2D eigenvalue weighted by atomic mass is 16.1. The molecule has 0 aliphatic carbocycles. The van der Waals surface area contributed by atoms with Crippen molar-refractivity contribution >= 4 is 22.6 Å². The van der Waals surface area contributed by atoms with Crippen LogP contribution in [0.25, 0.3) is 16.9 Å². The molecule has 146 valence electrons. The number of anilines is 1. The maximum Gasteiger partial charge on any atom is 0.249 e. The molecule has 4 aromatic rings. The monoisotopic (exact) mass is 386 g/mol. The number of hydrogen-bond donors (Lipinski definition) is 3. The minimum Gasteiger partial charge on any atom is -0.366 e. The van der Waals surface area contributed by atoms with Crippen molar-refractivity contribution in [3.8, 4) is 5.95 Å². The minimum absolute atomic E-state index is 0.275. The zero-order chi connectivity index (χ0) is 20.4. The van der Waals surface area contributed by atoms with Gasteiger partial charge in [-0.15, -0.1) is 0 Å². The zero-order valence-electron chi connectivity index (χ0n) is 16.1. The van der Waals surface area contributed by atoms with E-state index in [1.54, 1.807) is 18.3 Å². The fraction of sp³-hybridized carbons (Fsp3) is 0.136. The summed E-state index contributed by atoms with van der Waals surface area (Å²) >= 11 is 0. The smallest absolute Gasteiger partial charge is 0.249 e. The van der Waals surface area contributed by atoms with Gasteiger partial charge in [-0.3, -0.25) is 9.36 Å². The average Bonchev–Trinajstić information content (AvgIpc) is 3.12. The van der Waals surface area contributed by atoms with Gasteiger partial charge in [0.15, 0.2) is 0 Å². The van der Waals surface area contributed by atoms with Crippen molar-refractivity contribution in [2.24, 2.45) is 11.5 Å². The lowest BCUT2D eigenvalue weighted by molar-refractivity contribution is 0.100. The van der Waals surface area contributed by atoms with E-state index < -0.39 is 5.91 Å². The molecule has 7 heteroatoms. The first-order valence-electron chi connectivity index (χ1n) is 9.33. The highest BCUT2D eigenvalue weighted by Crippen LogP contribution is 2.26. The van der Waals surface area contributed by atoms with Crippen LogP contribution < -0.4 is 16.8 Å². The normalized spacial score (nSPS) is 11.0. The number of aryl methyl sites for hydroxylation is 1. The Morgan fingerprint density at radius 1 is 1.14 bits per heavy atom. The van der Waals surface area contributed by atoms with E-state index in [9.17, 15) is 4.79 Å². The summed E-state index contributed by atoms with van der Waals surface area (Å²) < 4.78 is 1.87. The van der Waals surface area contributed by atoms with E-state index in [4.69, 9.17) is 16.5 Å². The predicted molar refractivity (Wildman–Crippen MR) is 114 cm³/mol. The Hall–Kier alpha value is -3.71. The molecule has 0 saturated carbocycles. The van der Waals surface area contributed by atoms with Gasteiger partial charge >= 0.3 is 0 Å². The Balaban J connectivity index is 1.78. The van der Waals surface area contributed by atoms with Gasteiger partial charge in [-0.25, -0.2) is 4.98 Å². The molecule has 2 aromatic heterocycles. The Bertz CT molecular complexity index is 1180. The number of rotatable bonds is 6. The lowest BCUT2D eigenvalue weighted by Gasteiger charge is -2.13. The second-order valence-corrected chi connectivity index (χ2v) is 6.82. The van der Waals surface area contributed by atoms with Gasteiger partial charge < -0.3 is 16.8 Å². The molecule has 0 fully saturated rings. The third-order valence-electron chi connectivity index (χ3n) is 4.86. The number of primary amides is 1. The van der Waals surface area contributed by atoms with Crippen LogP contribution in [0.2, 0.25) is 0 Å². The lowest BCUT2D eigenvalue weighted by Crippen LogP contribution is -2.12. The fourth-order valence-electron chi connectivity index (χ4n) is 3.39. The summed E-state index contributed by atoms with van der Waals surface area (Å²) in [6.07, 6.45) is 1.78. The number of hydrogen-bond acceptors (Lipinski definition) is 5. The van der Waals surface area contributed by atoms with Crippen molar-refractivity contribution in [3.05, 3.63) is 83.2 Å². The van der Waals surface area contributed by atoms with Crippen molar-refractivity contribution in [3.63, 3.8) is 0 Å². The van der Waals surface area contributed by atoms with Crippen LogP contribution >= 0.6 is 0 Å². The molecule has 1 amide bonds. The van der Waals surface area contributed by atoms with Gasteiger partial charge in [-0.2, -0.15) is 4.98 Å². The number of nitrogens with zero attached hydrogens (tertiary/aromatic N) is 3. The molecule has 0 aliphatic rings. The Kier molecular flexibility index (Phi) is 4.97. The first-order valence-corrected chi connectivity index (χ1v) is 9.33. The second-order valence-electron chi connectivity index (χ2n) is 6.82. The minimum atomic E-state index is -0.480. The van der Waals surface area contributed by atoms with Crippen molar-refractivity contribution in [1.82, 2.24) is 14.5 Å². The van der Waals surface area contributed by atoms with Gasteiger partial charge in [0.2, 0.25) is 11.9 Å². The summed E-state index contributed by atoms with van der Waals surface area (Å²) in [5.41, 5.74) is 15.6. The second kappa shape index (κ2) is 7.73. The molecule has 0 spiro atoms. The molecule has 2 aromatic carbocycles. The van der Waals surface area contributed by atoms with Gasteiger partial charge in [0.25, 0.3) is 0 Å². The van der Waals surface area contributed by atoms with Crippen LogP contribution in [0.5, 0.6) is 0 Å². The van der Waals surface area contributed by atoms with Crippen LogP contribution in [-0.4, -0.2) is 20.4 Å². The van der Waals surface area contributed by atoms with E-state index in [0.29, 0.717) is 18.1 Å². The zero-order valence-corrected chi connectivity index (χ0v) is 16.1. The third kappa shape index (κ3) is 3.55. The van der Waals surface area contributed by atoms with E-state index in [0.717, 1.165) is 33.5 Å². The molecule has 0 radical (unpaired) electrons. The molecule has 0 saturated heterocycles. The third-order valence-corrected chi connectivity index (χ3v) is 4.86. The highest BCUT2D eigenvalue weighted by molar-refractivity contribution is 6.06. The molecule has 0 unspecified atom stereocenters. The van der Waals surface area contributed by atoms with Gasteiger partial charge in [0.1, 0.15) is 5.82 Å². The van der Waals surface area contributed by atoms with Gasteiger partial charge in [-0.05, 0) is 30.7 Å². The number of nitrogens with two attached hydrogens (primary N) is 2. The number of aromatic nitrogens is 3. The summed E-state index contributed by atoms with van der Waals surface area (Å²) in [4.78, 5) is 21.1. The number of fused-ring (bicyclic) bond motifs is 1. The van der Waals surface area contributed by atoms with Crippen LogP contribution in [0, 0.1) is 6.92 Å². The molecule has 0 atom stereocenters. The van der Waals surface area contributed by atoms with E-state index in [1.807, 2.05) is 41.8 Å². The number of nitrogens with one attached hydrogen (secondary N) is 1. The Morgan fingerprint density at radius 2 is 1.93 bits per heavy atom. The molecular weight excluding hydrogens is 364 g/mol. The summed E-state index contributed by atoms with van der Waals surface area (Å²) in [7, 11) is 0. The molecule has 5 N–H and O–H groups in total. The van der Waals surface area contributed by atoms with Gasteiger partial charge in [0, 0.05) is 41.5 Å². The summed E-state index contributed by atoms with van der Waals surface area (Å²) in [5, 5.41) is 4.12. The average molecular weight is 386 g/mol. The van der Waals surface area contributed by atoms with Crippen LogP contribution in [-0.2, 0) is 13.1 Å². The summed E-state index contributed by atoms with van der Waals surface area (Å²) in [5.74, 6) is 0.754. The molecule has 0 aliphatic heterocycles. The van der Waals surface area contributed by atoms with Crippen molar-refractivity contribution in [1.29, 1.82) is 0 Å². The Labute approximate surface area is 168 Å². The van der Waals surface area contributed by atoms with Crippen molar-refractivity contribution < 1.29 is 4.79 Å². The molecule has 29 heavy (non-hydrogen) atoms. The number of carbonyl (C=O) groups excluding carboxylic acids is 1. The molecule has 7 nitrogen and oxygen atoms in total. The Morgan fingerprint density at radius 3 is 2.66 bits per heavy atom. The van der Waals surface area contributed by atoms with Crippen LogP contribution in [0.15, 0.2) is 60.8 Å². The summed E-state index contributed by atoms with van der Waals surface area (Å²) in [6.45, 7) is 2.89. The predicted octanol–water partition coefficient (Wildman–Crippen LogP) is 2.90. The van der Waals surface area contributed by atoms with Crippen LogP contribution in [0.1, 0.15) is 27.2 Å². The van der Waals surface area contributed by atoms with Crippen LogP contribution in [0.4, 0.5) is 5.82 Å². The number of benzene rings is 2. The first-order chi connectivity index (χ1) is 14.1. The molecule has 4 rings (SSSR count). The van der Waals surface area contributed by atoms with Gasteiger partial charge in [0.05, 0.1) is 5.52 Å². The lowest BCUT2D eigenvalue weighted by atomic mass is 10.1. The SMILES string of the molecule is Cc1cnc(-n2c(CN)cc3c(C(N)=O)cccc32)nc1NCc1ccccc1. The number of carbonyl (C=O) groups is 1. The van der Waals surface area contributed by atoms with Crippen LogP contribution in [0.3, 0.4) is 0 Å². The quantitative estimate of drug-likeness (QED) is 0.472. The summed E-state index contributed by atoms with van der Waals surface area (Å²) in [6, 6.07) is 17.4. The standard InChI is InChI=1S/C22H22N6O/c1-14-12-26-22(27-21(14)25-13-15-6-3-2-4-7-15)28-16(11-23)10-18-17(20(24)29)8-5-9-19(18)28/h2-10,12H,11,13,23H2,1H3,(H2,24,29)(H,25,26,27). The number of amides is 1. The maximum atomic E-state index is 11.8. The van der Waals surface area contributed by atoms with Crippen molar-refractivity contribution in [2.75, 3.05) is 5.32 Å². The maximum absolute atomic E-state index is 11.8. The first kappa shape index (κ1) is 18.6. The fourth-order valence-corrected chi connectivity index (χ4v) is 3.39. The van der Waals surface area contributed by atoms with Crippen molar-refractivity contribution in [2.45, 2.75) is 20.0 Å². The largest absolute Gasteiger partial charge is 0.366 e. The van der Waals surface area contributed by atoms with E-state index >= 15 is 0 Å². The highest BCUT2D eigenvalue weighted by Gasteiger charge is 2.17. The van der Waals surface area contributed by atoms with E-state index in [1.165, 1.54) is 0 Å². The molecular formula is C22H22N6O. The van der Waals surface area contributed by atoms with E-state index in [-0.39, 0.29) is 6.54 Å². The topological polar surface area (TPSA) is 112 Å². The van der Waals surface area contributed by atoms with E-state index in [2.05, 4.69) is 22.4 Å².